The molecule has 2 rings (SSSR count). The number of hydrogen-bond acceptors (Lipinski definition) is 2. The predicted octanol–water partition coefficient (Wildman–Crippen LogP) is 4.04. The lowest BCUT2D eigenvalue weighted by Gasteiger charge is -2.12. The van der Waals surface area contributed by atoms with Gasteiger partial charge in [-0.1, -0.05) is 6.07 Å². The Kier molecular flexibility index (Phi) is 3.42. The number of thiophene rings is 1. The van der Waals surface area contributed by atoms with E-state index in [-0.39, 0.29) is 5.82 Å². The predicted molar refractivity (Wildman–Crippen MR) is 67.2 cm³/mol. The van der Waals surface area contributed by atoms with Crippen LogP contribution < -0.4 is 0 Å². The summed E-state index contributed by atoms with van der Waals surface area (Å²) in [6.07, 6.45) is -0.757. The first-order valence-electron chi connectivity index (χ1n) is 4.77. The van der Waals surface area contributed by atoms with Crippen molar-refractivity contribution in [1.29, 1.82) is 0 Å². The molecule has 0 aliphatic carbocycles. The van der Waals surface area contributed by atoms with Crippen LogP contribution in [0.15, 0.2) is 34.1 Å². The van der Waals surface area contributed by atoms with E-state index in [9.17, 15) is 9.50 Å². The van der Waals surface area contributed by atoms with Crippen LogP contribution in [0.2, 0.25) is 0 Å². The SMILES string of the molecule is Cc1ccc(F)cc1C(O)c1ccc(Br)s1. The lowest BCUT2D eigenvalue weighted by molar-refractivity contribution is 0.223. The van der Waals surface area contributed by atoms with Gasteiger partial charge in [-0.3, -0.25) is 0 Å². The summed E-state index contributed by atoms with van der Waals surface area (Å²) in [5.74, 6) is -0.324. The molecule has 1 heterocycles. The van der Waals surface area contributed by atoms with Crippen LogP contribution in [0.25, 0.3) is 0 Å². The highest BCUT2D eigenvalue weighted by molar-refractivity contribution is 9.11. The molecule has 0 bridgehead atoms. The Hall–Kier alpha value is -0.710. The largest absolute Gasteiger partial charge is 0.383 e. The van der Waals surface area contributed by atoms with E-state index >= 15 is 0 Å². The van der Waals surface area contributed by atoms with Crippen LogP contribution in [0, 0.1) is 12.7 Å². The summed E-state index contributed by atoms with van der Waals surface area (Å²) in [5, 5.41) is 10.1. The molecule has 0 amide bonds. The van der Waals surface area contributed by atoms with Crippen molar-refractivity contribution in [3.05, 3.63) is 55.9 Å². The Morgan fingerprint density at radius 3 is 2.69 bits per heavy atom. The van der Waals surface area contributed by atoms with Crippen molar-refractivity contribution in [2.75, 3.05) is 0 Å². The smallest absolute Gasteiger partial charge is 0.123 e. The highest BCUT2D eigenvalue weighted by atomic mass is 79.9. The van der Waals surface area contributed by atoms with Crippen LogP contribution in [-0.2, 0) is 0 Å². The molecule has 2 aromatic rings. The zero-order valence-corrected chi connectivity index (χ0v) is 11.0. The summed E-state index contributed by atoms with van der Waals surface area (Å²) in [7, 11) is 0. The van der Waals surface area contributed by atoms with Crippen molar-refractivity contribution in [3.8, 4) is 0 Å². The van der Waals surface area contributed by atoms with Crippen LogP contribution in [0.5, 0.6) is 0 Å². The molecule has 4 heteroatoms. The maximum absolute atomic E-state index is 13.1. The van der Waals surface area contributed by atoms with Crippen molar-refractivity contribution in [1.82, 2.24) is 0 Å². The summed E-state index contributed by atoms with van der Waals surface area (Å²) < 4.78 is 14.1. The lowest BCUT2D eigenvalue weighted by atomic mass is 10.0. The molecular formula is C12H10BrFOS. The number of benzene rings is 1. The van der Waals surface area contributed by atoms with Crippen LogP contribution in [0.4, 0.5) is 4.39 Å². The fourth-order valence-corrected chi connectivity index (χ4v) is 2.96. The third-order valence-corrected chi connectivity index (χ3v) is 4.08. The van der Waals surface area contributed by atoms with Gasteiger partial charge < -0.3 is 5.11 Å². The van der Waals surface area contributed by atoms with Gasteiger partial charge in [0.1, 0.15) is 11.9 Å². The highest BCUT2D eigenvalue weighted by Crippen LogP contribution is 2.32. The summed E-state index contributed by atoms with van der Waals surface area (Å²) in [4.78, 5) is 0.806. The van der Waals surface area contributed by atoms with Gasteiger partial charge in [0, 0.05) is 4.88 Å². The van der Waals surface area contributed by atoms with Crippen LogP contribution in [-0.4, -0.2) is 5.11 Å². The zero-order chi connectivity index (χ0) is 11.7. The molecule has 0 spiro atoms. The van der Waals surface area contributed by atoms with E-state index in [4.69, 9.17) is 0 Å². The average Bonchev–Trinajstić information content (AvgIpc) is 2.67. The van der Waals surface area contributed by atoms with Crippen molar-refractivity contribution in [2.45, 2.75) is 13.0 Å². The molecule has 16 heavy (non-hydrogen) atoms. The minimum absolute atomic E-state index is 0.324. The van der Waals surface area contributed by atoms with Gasteiger partial charge in [-0.2, -0.15) is 0 Å². The molecule has 1 aromatic carbocycles. The Labute approximate surface area is 106 Å². The van der Waals surface area contributed by atoms with E-state index in [2.05, 4.69) is 15.9 Å². The standard InChI is InChI=1S/C12H10BrFOS/c1-7-2-3-8(14)6-9(7)12(15)10-4-5-11(13)16-10/h2-6,12,15H,1H3. The first-order valence-corrected chi connectivity index (χ1v) is 6.38. The Balaban J connectivity index is 2.40. The van der Waals surface area contributed by atoms with Gasteiger partial charge in [0.25, 0.3) is 0 Å². The fraction of sp³-hybridized carbons (Fsp3) is 0.167. The number of aryl methyl sites for hydroxylation is 1. The van der Waals surface area contributed by atoms with E-state index < -0.39 is 6.10 Å². The van der Waals surface area contributed by atoms with Crippen molar-refractivity contribution < 1.29 is 9.50 Å². The monoisotopic (exact) mass is 300 g/mol. The molecule has 0 saturated heterocycles. The van der Waals surface area contributed by atoms with E-state index in [1.54, 1.807) is 6.07 Å². The third kappa shape index (κ3) is 2.34. The number of halogens is 2. The zero-order valence-electron chi connectivity index (χ0n) is 8.58. The quantitative estimate of drug-likeness (QED) is 0.887. The molecule has 0 aliphatic rings. The van der Waals surface area contributed by atoms with E-state index in [1.807, 2.05) is 19.1 Å². The van der Waals surface area contributed by atoms with Gasteiger partial charge in [0.2, 0.25) is 0 Å². The van der Waals surface area contributed by atoms with E-state index in [1.165, 1.54) is 23.5 Å². The fourth-order valence-electron chi connectivity index (χ4n) is 1.53. The van der Waals surface area contributed by atoms with Gasteiger partial charge in [-0.05, 0) is 58.2 Å². The number of rotatable bonds is 2. The van der Waals surface area contributed by atoms with Crippen molar-refractivity contribution in [3.63, 3.8) is 0 Å². The average molecular weight is 301 g/mol. The molecule has 0 saturated carbocycles. The molecule has 1 unspecified atom stereocenters. The minimum Gasteiger partial charge on any atom is -0.383 e. The molecule has 1 aromatic heterocycles. The molecule has 1 nitrogen and oxygen atoms in total. The first-order chi connectivity index (χ1) is 7.58. The Bertz CT molecular complexity index is 509. The van der Waals surface area contributed by atoms with Crippen LogP contribution in [0.3, 0.4) is 0 Å². The molecule has 84 valence electrons. The second-order valence-corrected chi connectivity index (χ2v) is 6.04. The highest BCUT2D eigenvalue weighted by Gasteiger charge is 2.15. The summed E-state index contributed by atoms with van der Waals surface area (Å²) in [6.45, 7) is 1.86. The molecule has 0 aliphatic heterocycles. The first kappa shape index (κ1) is 11.8. The van der Waals surface area contributed by atoms with Gasteiger partial charge in [-0.25, -0.2) is 4.39 Å². The van der Waals surface area contributed by atoms with E-state index in [0.29, 0.717) is 5.56 Å². The second kappa shape index (κ2) is 4.65. The van der Waals surface area contributed by atoms with Crippen LogP contribution >= 0.6 is 27.3 Å². The number of aliphatic hydroxyl groups excluding tert-OH is 1. The van der Waals surface area contributed by atoms with Gasteiger partial charge in [0.05, 0.1) is 3.79 Å². The molecule has 0 fully saturated rings. The molecule has 1 atom stereocenters. The Morgan fingerprint density at radius 1 is 1.31 bits per heavy atom. The minimum atomic E-state index is -0.757. The maximum atomic E-state index is 13.1. The van der Waals surface area contributed by atoms with Gasteiger partial charge in [0.15, 0.2) is 0 Å². The van der Waals surface area contributed by atoms with E-state index in [0.717, 1.165) is 14.2 Å². The maximum Gasteiger partial charge on any atom is 0.123 e. The number of hydrogen-bond donors (Lipinski definition) is 1. The second-order valence-electron chi connectivity index (χ2n) is 3.55. The van der Waals surface area contributed by atoms with Gasteiger partial charge >= 0.3 is 0 Å². The lowest BCUT2D eigenvalue weighted by Crippen LogP contribution is -2.00. The van der Waals surface area contributed by atoms with Crippen molar-refractivity contribution >= 4 is 27.3 Å². The molecular weight excluding hydrogens is 291 g/mol. The van der Waals surface area contributed by atoms with Crippen molar-refractivity contribution in [2.24, 2.45) is 0 Å². The normalized spacial score (nSPS) is 12.8. The number of aliphatic hydroxyl groups is 1. The summed E-state index contributed by atoms with van der Waals surface area (Å²) in [6, 6.07) is 8.17. The summed E-state index contributed by atoms with van der Waals surface area (Å²) >= 11 is 4.79. The summed E-state index contributed by atoms with van der Waals surface area (Å²) in [5.41, 5.74) is 1.51. The van der Waals surface area contributed by atoms with Crippen LogP contribution in [0.1, 0.15) is 22.1 Å². The Morgan fingerprint density at radius 2 is 2.06 bits per heavy atom. The van der Waals surface area contributed by atoms with Gasteiger partial charge in [-0.15, -0.1) is 11.3 Å². The topological polar surface area (TPSA) is 20.2 Å². The molecule has 0 radical (unpaired) electrons. The molecule has 1 N–H and O–H groups in total. The third-order valence-electron chi connectivity index (χ3n) is 2.40.